The fourth-order valence-corrected chi connectivity index (χ4v) is 1.05. The number of phenolic OH excluding ortho intramolecular Hbond substituents is 1. The molecule has 0 radical (unpaired) electrons. The first-order chi connectivity index (χ1) is 6.24. The number of benzene rings is 1. The zero-order valence-corrected chi connectivity index (χ0v) is 8.67. The van der Waals surface area contributed by atoms with Crippen molar-refractivity contribution in [2.75, 3.05) is 5.73 Å². The van der Waals surface area contributed by atoms with Crippen molar-refractivity contribution in [3.8, 4) is 5.75 Å². The van der Waals surface area contributed by atoms with E-state index in [9.17, 15) is 0 Å². The van der Waals surface area contributed by atoms with E-state index in [1.165, 1.54) is 5.56 Å². The first-order valence-electron chi connectivity index (χ1n) is 4.81. The first kappa shape index (κ1) is 11.8. The summed E-state index contributed by atoms with van der Waals surface area (Å²) in [6.45, 7) is 6.11. The lowest BCUT2D eigenvalue weighted by molar-refractivity contribution is 0.478. The molecule has 0 saturated carbocycles. The van der Waals surface area contributed by atoms with Crippen LogP contribution in [0.2, 0.25) is 0 Å². The standard InChI is InChI=1S/C9H13NO.C2H6/c1-2-3-7-4-5-9(11)8(10)6-7;1-2/h4-6,11H,2-3,10H2,1H3;1-2H3. The third-order valence-electron chi connectivity index (χ3n) is 1.63. The van der Waals surface area contributed by atoms with E-state index in [-0.39, 0.29) is 5.75 Å². The van der Waals surface area contributed by atoms with E-state index in [0.717, 1.165) is 12.8 Å². The van der Waals surface area contributed by atoms with E-state index in [4.69, 9.17) is 10.8 Å². The van der Waals surface area contributed by atoms with Gasteiger partial charge in [0.2, 0.25) is 0 Å². The highest BCUT2D eigenvalue weighted by Gasteiger charge is 1.96. The zero-order valence-electron chi connectivity index (χ0n) is 8.67. The summed E-state index contributed by atoms with van der Waals surface area (Å²) in [5, 5.41) is 9.09. The van der Waals surface area contributed by atoms with Gasteiger partial charge in [0.15, 0.2) is 0 Å². The van der Waals surface area contributed by atoms with E-state index in [0.29, 0.717) is 5.69 Å². The molecule has 1 rings (SSSR count). The molecule has 3 N–H and O–H groups in total. The van der Waals surface area contributed by atoms with Crippen LogP contribution in [0.5, 0.6) is 5.75 Å². The Bertz CT molecular complexity index is 246. The molecule has 0 aliphatic rings. The van der Waals surface area contributed by atoms with Crippen molar-refractivity contribution in [3.05, 3.63) is 23.8 Å². The van der Waals surface area contributed by atoms with Crippen molar-refractivity contribution in [2.45, 2.75) is 33.6 Å². The van der Waals surface area contributed by atoms with Crippen LogP contribution in [0.25, 0.3) is 0 Å². The predicted octanol–water partition coefficient (Wildman–Crippen LogP) is 2.95. The van der Waals surface area contributed by atoms with Gasteiger partial charge in [-0.3, -0.25) is 0 Å². The second-order valence-electron chi connectivity index (χ2n) is 2.64. The third-order valence-corrected chi connectivity index (χ3v) is 1.63. The highest BCUT2D eigenvalue weighted by molar-refractivity contribution is 5.53. The second-order valence-corrected chi connectivity index (χ2v) is 2.64. The van der Waals surface area contributed by atoms with Crippen LogP contribution in [-0.4, -0.2) is 5.11 Å². The molecule has 0 aromatic heterocycles. The van der Waals surface area contributed by atoms with Crippen LogP contribution in [0.4, 0.5) is 5.69 Å². The summed E-state index contributed by atoms with van der Waals surface area (Å²) >= 11 is 0. The summed E-state index contributed by atoms with van der Waals surface area (Å²) in [6, 6.07) is 5.36. The van der Waals surface area contributed by atoms with Crippen molar-refractivity contribution in [1.29, 1.82) is 0 Å². The molecule has 0 amide bonds. The molecule has 13 heavy (non-hydrogen) atoms. The minimum absolute atomic E-state index is 0.171. The smallest absolute Gasteiger partial charge is 0.138 e. The zero-order chi connectivity index (χ0) is 10.3. The lowest BCUT2D eigenvalue weighted by Crippen LogP contribution is -1.88. The largest absolute Gasteiger partial charge is 0.506 e. The molecule has 74 valence electrons. The molecule has 0 unspecified atom stereocenters. The maximum atomic E-state index is 9.09. The van der Waals surface area contributed by atoms with Crippen LogP contribution in [0.1, 0.15) is 32.8 Å². The Morgan fingerprint density at radius 1 is 1.31 bits per heavy atom. The molecule has 0 spiro atoms. The molecule has 1 aromatic carbocycles. The highest BCUT2D eigenvalue weighted by Crippen LogP contribution is 2.20. The molecule has 0 aliphatic heterocycles. The van der Waals surface area contributed by atoms with Crippen LogP contribution >= 0.6 is 0 Å². The molecule has 0 saturated heterocycles. The van der Waals surface area contributed by atoms with Crippen LogP contribution in [0.3, 0.4) is 0 Å². The van der Waals surface area contributed by atoms with Crippen LogP contribution in [0, 0.1) is 0 Å². The van der Waals surface area contributed by atoms with Crippen molar-refractivity contribution < 1.29 is 5.11 Å². The van der Waals surface area contributed by atoms with Crippen LogP contribution in [-0.2, 0) is 6.42 Å². The lowest BCUT2D eigenvalue weighted by atomic mass is 10.1. The normalized spacial score (nSPS) is 8.85. The van der Waals surface area contributed by atoms with Gasteiger partial charge in [-0.15, -0.1) is 0 Å². The Balaban J connectivity index is 0.000000671. The van der Waals surface area contributed by atoms with Crippen LogP contribution < -0.4 is 5.73 Å². The van der Waals surface area contributed by atoms with Gasteiger partial charge in [0.05, 0.1) is 5.69 Å². The molecule has 0 atom stereocenters. The molecule has 2 nitrogen and oxygen atoms in total. The van der Waals surface area contributed by atoms with Gasteiger partial charge in [-0.2, -0.15) is 0 Å². The Hall–Kier alpha value is -1.18. The number of aromatic hydroxyl groups is 1. The van der Waals surface area contributed by atoms with Gasteiger partial charge in [-0.25, -0.2) is 0 Å². The number of phenols is 1. The monoisotopic (exact) mass is 181 g/mol. The molecule has 0 bridgehead atoms. The predicted molar refractivity (Wildman–Crippen MR) is 57.9 cm³/mol. The molecule has 2 heteroatoms. The Morgan fingerprint density at radius 2 is 1.92 bits per heavy atom. The fraction of sp³-hybridized carbons (Fsp3) is 0.455. The van der Waals surface area contributed by atoms with Gasteiger partial charge in [0.25, 0.3) is 0 Å². The van der Waals surface area contributed by atoms with Crippen LogP contribution in [0.15, 0.2) is 18.2 Å². The number of aryl methyl sites for hydroxylation is 1. The van der Waals surface area contributed by atoms with E-state index >= 15 is 0 Å². The first-order valence-corrected chi connectivity index (χ1v) is 4.81. The molecule has 1 aromatic rings. The molecule has 0 aliphatic carbocycles. The van der Waals surface area contributed by atoms with E-state index in [1.807, 2.05) is 26.0 Å². The minimum Gasteiger partial charge on any atom is -0.506 e. The molecule has 0 heterocycles. The number of anilines is 1. The quantitative estimate of drug-likeness (QED) is 0.544. The fourth-order valence-electron chi connectivity index (χ4n) is 1.05. The average Bonchev–Trinajstić information content (AvgIpc) is 2.15. The number of hydrogen-bond donors (Lipinski definition) is 2. The maximum Gasteiger partial charge on any atom is 0.138 e. The second kappa shape index (κ2) is 6.35. The summed E-state index contributed by atoms with van der Waals surface area (Å²) in [6.07, 6.45) is 2.12. The molecule has 0 fully saturated rings. The summed E-state index contributed by atoms with van der Waals surface area (Å²) in [5.41, 5.74) is 7.15. The molecular formula is C11H19NO. The van der Waals surface area contributed by atoms with E-state index in [1.54, 1.807) is 6.07 Å². The summed E-state index contributed by atoms with van der Waals surface area (Å²) in [4.78, 5) is 0. The van der Waals surface area contributed by atoms with Gasteiger partial charge >= 0.3 is 0 Å². The van der Waals surface area contributed by atoms with Crippen molar-refractivity contribution in [3.63, 3.8) is 0 Å². The van der Waals surface area contributed by atoms with Crippen molar-refractivity contribution in [2.24, 2.45) is 0 Å². The minimum atomic E-state index is 0.171. The highest BCUT2D eigenvalue weighted by atomic mass is 16.3. The van der Waals surface area contributed by atoms with Gasteiger partial charge in [0, 0.05) is 0 Å². The maximum absolute atomic E-state index is 9.09. The Morgan fingerprint density at radius 3 is 2.38 bits per heavy atom. The Labute approximate surface area is 80.4 Å². The summed E-state index contributed by atoms with van der Waals surface area (Å²) in [7, 11) is 0. The van der Waals surface area contributed by atoms with E-state index < -0.39 is 0 Å². The number of nitrogens with two attached hydrogens (primary N) is 1. The topological polar surface area (TPSA) is 46.2 Å². The van der Waals surface area contributed by atoms with E-state index in [2.05, 4.69) is 6.92 Å². The van der Waals surface area contributed by atoms with Crippen molar-refractivity contribution >= 4 is 5.69 Å². The van der Waals surface area contributed by atoms with Gasteiger partial charge in [-0.05, 0) is 24.1 Å². The number of nitrogen functional groups attached to an aromatic ring is 1. The van der Waals surface area contributed by atoms with Gasteiger partial charge < -0.3 is 10.8 Å². The summed E-state index contributed by atoms with van der Waals surface area (Å²) in [5.74, 6) is 0.171. The number of hydrogen-bond acceptors (Lipinski definition) is 2. The average molecular weight is 181 g/mol. The SMILES string of the molecule is CC.CCCc1ccc(O)c(N)c1. The van der Waals surface area contributed by atoms with Crippen molar-refractivity contribution in [1.82, 2.24) is 0 Å². The van der Waals surface area contributed by atoms with Gasteiger partial charge in [-0.1, -0.05) is 33.3 Å². The third kappa shape index (κ3) is 3.83. The summed E-state index contributed by atoms with van der Waals surface area (Å²) < 4.78 is 0. The Kier molecular flexibility index (Phi) is 5.77. The lowest BCUT2D eigenvalue weighted by Gasteiger charge is -2.01. The molecular weight excluding hydrogens is 162 g/mol. The van der Waals surface area contributed by atoms with Gasteiger partial charge in [0.1, 0.15) is 5.75 Å². The number of rotatable bonds is 2.